The third-order valence-corrected chi connectivity index (χ3v) is 6.22. The minimum atomic E-state index is 0. The number of aryl methyl sites for hydroxylation is 1. The number of nitrogens with zero attached hydrogens (tertiary/aromatic N) is 4. The van der Waals surface area contributed by atoms with E-state index in [2.05, 4.69) is 74.1 Å². The van der Waals surface area contributed by atoms with E-state index in [9.17, 15) is 0 Å². The van der Waals surface area contributed by atoms with Crippen molar-refractivity contribution < 1.29 is 0 Å². The number of hydrogen-bond acceptors (Lipinski definition) is 5. The van der Waals surface area contributed by atoms with Crippen molar-refractivity contribution in [2.45, 2.75) is 31.2 Å². The third kappa shape index (κ3) is 8.65. The quantitative estimate of drug-likeness (QED) is 0.123. The molecule has 0 unspecified atom stereocenters. The summed E-state index contributed by atoms with van der Waals surface area (Å²) < 4.78 is 2.08. The Bertz CT molecular complexity index is 852. The Hall–Kier alpha value is -1.59. The largest absolute Gasteiger partial charge is 0.356 e. The van der Waals surface area contributed by atoms with E-state index < -0.39 is 0 Å². The van der Waals surface area contributed by atoms with Gasteiger partial charge in [0.1, 0.15) is 12.2 Å². The van der Waals surface area contributed by atoms with Gasteiger partial charge < -0.3 is 15.2 Å². The normalized spacial score (nSPS) is 11.2. The smallest absolute Gasteiger partial charge is 0.191 e. The zero-order valence-electron chi connectivity index (χ0n) is 17.2. The number of hydrogen-bond donors (Lipinski definition) is 2. The summed E-state index contributed by atoms with van der Waals surface area (Å²) >= 11 is 3.63. The first kappa shape index (κ1) is 24.7. The van der Waals surface area contributed by atoms with E-state index in [1.165, 1.54) is 9.77 Å². The molecular formula is C21H29IN6S2. The van der Waals surface area contributed by atoms with Crippen LogP contribution in [0.5, 0.6) is 0 Å². The molecule has 0 bridgehead atoms. The summed E-state index contributed by atoms with van der Waals surface area (Å²) in [6.45, 7) is 5.32. The van der Waals surface area contributed by atoms with Gasteiger partial charge in [-0.3, -0.25) is 4.99 Å². The Kier molecular flexibility index (Phi) is 11.9. The molecule has 0 aliphatic carbocycles. The lowest BCUT2D eigenvalue weighted by Crippen LogP contribution is -2.40. The average Bonchev–Trinajstić information content (AvgIpc) is 3.43. The number of guanidine groups is 1. The summed E-state index contributed by atoms with van der Waals surface area (Å²) in [5, 5.41) is 17.2. The lowest BCUT2D eigenvalue weighted by atomic mass is 10.3. The molecule has 3 aromatic rings. The van der Waals surface area contributed by atoms with Crippen LogP contribution in [-0.4, -0.2) is 46.1 Å². The molecule has 1 aromatic carbocycles. The van der Waals surface area contributed by atoms with Crippen LogP contribution in [0, 0.1) is 0 Å². The Morgan fingerprint density at radius 2 is 1.97 bits per heavy atom. The molecule has 2 heterocycles. The molecule has 0 radical (unpaired) electrons. The van der Waals surface area contributed by atoms with Crippen LogP contribution >= 0.6 is 47.1 Å². The first-order chi connectivity index (χ1) is 14.3. The Balaban J connectivity index is 0.00000320. The lowest BCUT2D eigenvalue weighted by Gasteiger charge is -2.13. The number of thiophene rings is 1. The zero-order chi connectivity index (χ0) is 20.2. The lowest BCUT2D eigenvalue weighted by molar-refractivity contribution is 0.633. The van der Waals surface area contributed by atoms with Gasteiger partial charge in [0.2, 0.25) is 0 Å². The van der Waals surface area contributed by atoms with Crippen molar-refractivity contribution in [3.05, 3.63) is 64.9 Å². The first-order valence-electron chi connectivity index (χ1n) is 9.94. The van der Waals surface area contributed by atoms with Crippen LogP contribution in [0.15, 0.2) is 64.1 Å². The molecule has 0 saturated heterocycles. The van der Waals surface area contributed by atoms with Crippen molar-refractivity contribution in [2.24, 2.45) is 4.99 Å². The highest BCUT2D eigenvalue weighted by Crippen LogP contribution is 2.15. The van der Waals surface area contributed by atoms with Crippen molar-refractivity contribution in [2.75, 3.05) is 25.4 Å². The molecule has 3 rings (SSSR count). The predicted molar refractivity (Wildman–Crippen MR) is 138 cm³/mol. The summed E-state index contributed by atoms with van der Waals surface area (Å²) in [6.07, 6.45) is 3.64. The molecule has 0 atom stereocenters. The van der Waals surface area contributed by atoms with Crippen LogP contribution in [0.1, 0.15) is 17.6 Å². The van der Waals surface area contributed by atoms with Gasteiger partial charge in [0.05, 0.1) is 0 Å². The maximum Gasteiger partial charge on any atom is 0.191 e. The van der Waals surface area contributed by atoms with E-state index in [0.29, 0.717) is 0 Å². The number of halogens is 1. The molecule has 9 heteroatoms. The van der Waals surface area contributed by atoms with Gasteiger partial charge in [-0.05, 0) is 23.6 Å². The highest BCUT2D eigenvalue weighted by molar-refractivity contribution is 14.0. The van der Waals surface area contributed by atoms with E-state index in [4.69, 9.17) is 4.99 Å². The Morgan fingerprint density at radius 1 is 1.13 bits per heavy atom. The van der Waals surface area contributed by atoms with Gasteiger partial charge in [-0.2, -0.15) is 0 Å². The Labute approximate surface area is 204 Å². The molecule has 0 spiro atoms. The van der Waals surface area contributed by atoms with Crippen molar-refractivity contribution in [1.29, 1.82) is 0 Å². The van der Waals surface area contributed by atoms with Crippen LogP contribution in [0.3, 0.4) is 0 Å². The van der Waals surface area contributed by atoms with E-state index in [1.807, 2.05) is 17.8 Å². The molecule has 0 aliphatic rings. The fourth-order valence-corrected chi connectivity index (χ4v) is 4.28. The average molecular weight is 557 g/mol. The van der Waals surface area contributed by atoms with E-state index >= 15 is 0 Å². The van der Waals surface area contributed by atoms with Crippen molar-refractivity contribution >= 4 is 53.0 Å². The Morgan fingerprint density at radius 3 is 2.73 bits per heavy atom. The van der Waals surface area contributed by atoms with Gasteiger partial charge >= 0.3 is 0 Å². The molecule has 2 aromatic heterocycles. The summed E-state index contributed by atoms with van der Waals surface area (Å²) in [5.74, 6) is 2.86. The molecule has 0 saturated carbocycles. The maximum absolute atomic E-state index is 4.76. The van der Waals surface area contributed by atoms with Crippen LogP contribution in [0.25, 0.3) is 0 Å². The van der Waals surface area contributed by atoms with Gasteiger partial charge in [-0.25, -0.2) is 0 Å². The third-order valence-electron chi connectivity index (χ3n) is 4.27. The van der Waals surface area contributed by atoms with Crippen LogP contribution in [-0.2, 0) is 19.4 Å². The minimum Gasteiger partial charge on any atom is -0.356 e. The number of thioether (sulfide) groups is 1. The number of nitrogens with one attached hydrogen (secondary N) is 2. The topological polar surface area (TPSA) is 67.1 Å². The van der Waals surface area contributed by atoms with Gasteiger partial charge in [0, 0.05) is 54.5 Å². The van der Waals surface area contributed by atoms with Gasteiger partial charge in [0.25, 0.3) is 0 Å². The van der Waals surface area contributed by atoms with Crippen LogP contribution < -0.4 is 10.6 Å². The summed E-state index contributed by atoms with van der Waals surface area (Å²) in [4.78, 5) is 7.41. The van der Waals surface area contributed by atoms with Gasteiger partial charge in [-0.1, -0.05) is 31.2 Å². The first-order valence-corrected chi connectivity index (χ1v) is 11.8. The van der Waals surface area contributed by atoms with Crippen molar-refractivity contribution in [3.63, 3.8) is 0 Å². The molecule has 6 nitrogen and oxygen atoms in total. The molecule has 30 heavy (non-hydrogen) atoms. The molecule has 0 fully saturated rings. The zero-order valence-corrected chi connectivity index (χ0v) is 21.1. The second kappa shape index (κ2) is 14.4. The molecule has 2 N–H and O–H groups in total. The van der Waals surface area contributed by atoms with Crippen LogP contribution in [0.2, 0.25) is 0 Å². The second-order valence-electron chi connectivity index (χ2n) is 6.37. The highest BCUT2D eigenvalue weighted by atomic mass is 127. The molecule has 0 aliphatic heterocycles. The predicted octanol–water partition coefficient (Wildman–Crippen LogP) is 4.09. The van der Waals surface area contributed by atoms with E-state index in [1.54, 1.807) is 17.7 Å². The van der Waals surface area contributed by atoms with E-state index in [-0.39, 0.29) is 24.0 Å². The standard InChI is InChI=1S/C21H28N6S2.HI/c1-2-20-26-25-17-27(20)14-12-23-21(22-11-10-19-9-6-15-28-19)24-13-16-29-18-7-4-3-5-8-18;/h3-9,15,17H,2,10-14,16H2,1H3,(H2,22,23,24);1H. The fourth-order valence-electron chi connectivity index (χ4n) is 2.80. The fraction of sp³-hybridized carbons (Fsp3) is 0.381. The number of aliphatic imine (C=N–C) groups is 1. The SMILES string of the molecule is CCc1nncn1CCNC(=NCCc1cccs1)NCCSc1ccccc1.I. The number of aromatic nitrogens is 3. The summed E-state index contributed by atoms with van der Waals surface area (Å²) in [7, 11) is 0. The summed E-state index contributed by atoms with van der Waals surface area (Å²) in [5.41, 5.74) is 0. The minimum absolute atomic E-state index is 0. The monoisotopic (exact) mass is 556 g/mol. The van der Waals surface area contributed by atoms with Gasteiger partial charge in [0.15, 0.2) is 5.96 Å². The number of benzene rings is 1. The second-order valence-corrected chi connectivity index (χ2v) is 8.57. The molecule has 162 valence electrons. The van der Waals surface area contributed by atoms with Gasteiger partial charge in [-0.15, -0.1) is 57.3 Å². The highest BCUT2D eigenvalue weighted by Gasteiger charge is 2.03. The van der Waals surface area contributed by atoms with Crippen molar-refractivity contribution in [1.82, 2.24) is 25.4 Å². The molecule has 0 amide bonds. The maximum atomic E-state index is 4.76. The molecular weight excluding hydrogens is 527 g/mol. The van der Waals surface area contributed by atoms with Crippen LogP contribution in [0.4, 0.5) is 0 Å². The summed E-state index contributed by atoms with van der Waals surface area (Å²) in [6, 6.07) is 14.7. The number of rotatable bonds is 11. The van der Waals surface area contributed by atoms with Crippen molar-refractivity contribution in [3.8, 4) is 0 Å². The van der Waals surface area contributed by atoms with E-state index in [0.717, 1.165) is 56.6 Å².